The third-order valence-electron chi connectivity index (χ3n) is 2.02. The van der Waals surface area contributed by atoms with Crippen molar-refractivity contribution in [3.63, 3.8) is 0 Å². The number of carbonyl (C=O) groups is 1. The van der Waals surface area contributed by atoms with Crippen LogP contribution in [0.2, 0.25) is 0 Å². The fourth-order valence-corrected chi connectivity index (χ4v) is 1.07. The lowest BCUT2D eigenvalue weighted by atomic mass is 10.3. The Balaban J connectivity index is 2.12. The van der Waals surface area contributed by atoms with Gasteiger partial charge in [0.25, 0.3) is 0 Å². The lowest BCUT2D eigenvalue weighted by molar-refractivity contribution is -0.123. The number of hydrogen-bond donors (Lipinski definition) is 2. The molecule has 0 radical (unpaired) electrons. The van der Waals surface area contributed by atoms with Crippen LogP contribution in [-0.4, -0.2) is 23.7 Å². The molecule has 1 amide bonds. The fourth-order valence-electron chi connectivity index (χ4n) is 1.07. The molecule has 3 atom stereocenters. The molecule has 1 saturated carbocycles. The molecule has 1 rings (SSSR count). The second-order valence-corrected chi connectivity index (χ2v) is 3.41. The summed E-state index contributed by atoms with van der Waals surface area (Å²) in [7, 11) is 0. The van der Waals surface area contributed by atoms with Gasteiger partial charge in [0.1, 0.15) is 0 Å². The molecule has 0 aliphatic heterocycles. The van der Waals surface area contributed by atoms with Crippen LogP contribution in [0, 0.1) is 11.8 Å². The molecular formula is C8H15NO2. The standard InChI is InChI=1S/C8H15NO2/c1-5-3-7(5)8(11)9-4-6(2)10/h5-7,10H,3-4H2,1-2H3,(H,9,11). The average molecular weight is 157 g/mol. The van der Waals surface area contributed by atoms with Crippen molar-refractivity contribution in [1.82, 2.24) is 5.32 Å². The Morgan fingerprint density at radius 1 is 1.82 bits per heavy atom. The van der Waals surface area contributed by atoms with Gasteiger partial charge in [-0.15, -0.1) is 0 Å². The highest BCUT2D eigenvalue weighted by Gasteiger charge is 2.38. The SMILES string of the molecule is CC(O)CNC(=O)C1CC1C. The van der Waals surface area contributed by atoms with Crippen molar-refractivity contribution in [1.29, 1.82) is 0 Å². The molecule has 0 aromatic rings. The van der Waals surface area contributed by atoms with E-state index in [9.17, 15) is 4.79 Å². The van der Waals surface area contributed by atoms with E-state index in [2.05, 4.69) is 12.2 Å². The first-order chi connectivity index (χ1) is 5.11. The van der Waals surface area contributed by atoms with E-state index in [4.69, 9.17) is 5.11 Å². The van der Waals surface area contributed by atoms with E-state index < -0.39 is 6.10 Å². The molecule has 0 spiro atoms. The first-order valence-corrected chi connectivity index (χ1v) is 4.07. The number of amides is 1. The molecule has 1 aliphatic carbocycles. The molecule has 0 bridgehead atoms. The van der Waals surface area contributed by atoms with Crippen molar-refractivity contribution in [2.45, 2.75) is 26.4 Å². The van der Waals surface area contributed by atoms with Crippen LogP contribution in [0.4, 0.5) is 0 Å². The Morgan fingerprint density at radius 2 is 2.36 bits per heavy atom. The number of nitrogens with one attached hydrogen (secondary N) is 1. The van der Waals surface area contributed by atoms with E-state index in [1.54, 1.807) is 6.92 Å². The Morgan fingerprint density at radius 3 is 2.73 bits per heavy atom. The zero-order valence-electron chi connectivity index (χ0n) is 7.00. The van der Waals surface area contributed by atoms with Crippen LogP contribution in [0.1, 0.15) is 20.3 Å². The molecule has 0 aromatic carbocycles. The smallest absolute Gasteiger partial charge is 0.223 e. The van der Waals surface area contributed by atoms with E-state index >= 15 is 0 Å². The van der Waals surface area contributed by atoms with Gasteiger partial charge in [0.05, 0.1) is 6.10 Å². The summed E-state index contributed by atoms with van der Waals surface area (Å²) in [5.41, 5.74) is 0. The number of hydrogen-bond acceptors (Lipinski definition) is 2. The van der Waals surface area contributed by atoms with Crippen molar-refractivity contribution in [2.75, 3.05) is 6.54 Å². The van der Waals surface area contributed by atoms with Crippen molar-refractivity contribution in [3.8, 4) is 0 Å². The predicted octanol–water partition coefficient (Wildman–Crippen LogP) is 0.139. The topological polar surface area (TPSA) is 49.3 Å². The van der Waals surface area contributed by atoms with E-state index in [1.807, 2.05) is 0 Å². The molecule has 1 fully saturated rings. The molecule has 0 heterocycles. The third-order valence-corrected chi connectivity index (χ3v) is 2.02. The number of aliphatic hydroxyl groups is 1. The maximum absolute atomic E-state index is 11.1. The minimum Gasteiger partial charge on any atom is -0.392 e. The largest absolute Gasteiger partial charge is 0.392 e. The van der Waals surface area contributed by atoms with Crippen molar-refractivity contribution in [3.05, 3.63) is 0 Å². The van der Waals surface area contributed by atoms with Gasteiger partial charge in [0.15, 0.2) is 0 Å². The molecule has 3 unspecified atom stereocenters. The molecule has 1 aliphatic rings. The summed E-state index contributed by atoms with van der Waals surface area (Å²) in [6, 6.07) is 0. The summed E-state index contributed by atoms with van der Waals surface area (Å²) >= 11 is 0. The summed E-state index contributed by atoms with van der Waals surface area (Å²) in [5.74, 6) is 0.858. The van der Waals surface area contributed by atoms with Gasteiger partial charge < -0.3 is 10.4 Å². The van der Waals surface area contributed by atoms with Crippen LogP contribution in [0.3, 0.4) is 0 Å². The van der Waals surface area contributed by atoms with Gasteiger partial charge >= 0.3 is 0 Å². The molecule has 0 aromatic heterocycles. The van der Waals surface area contributed by atoms with Crippen LogP contribution >= 0.6 is 0 Å². The summed E-state index contributed by atoms with van der Waals surface area (Å²) in [6.07, 6.45) is 0.569. The van der Waals surface area contributed by atoms with Gasteiger partial charge in [0, 0.05) is 12.5 Å². The van der Waals surface area contributed by atoms with Crippen LogP contribution in [-0.2, 0) is 4.79 Å². The second-order valence-electron chi connectivity index (χ2n) is 3.41. The summed E-state index contributed by atoms with van der Waals surface area (Å²) in [4.78, 5) is 11.1. The Labute approximate surface area is 66.8 Å². The first kappa shape index (κ1) is 8.53. The maximum atomic E-state index is 11.1. The minimum atomic E-state index is -0.437. The average Bonchev–Trinajstić information content (AvgIpc) is 2.61. The van der Waals surface area contributed by atoms with Crippen LogP contribution in [0.5, 0.6) is 0 Å². The van der Waals surface area contributed by atoms with Crippen LogP contribution in [0.15, 0.2) is 0 Å². The predicted molar refractivity (Wildman–Crippen MR) is 42.0 cm³/mol. The Hall–Kier alpha value is -0.570. The molecule has 11 heavy (non-hydrogen) atoms. The highest BCUT2D eigenvalue weighted by Crippen LogP contribution is 2.37. The highest BCUT2D eigenvalue weighted by atomic mass is 16.3. The quantitative estimate of drug-likeness (QED) is 0.612. The normalized spacial score (nSPS) is 31.2. The van der Waals surface area contributed by atoms with Crippen molar-refractivity contribution >= 4 is 5.91 Å². The first-order valence-electron chi connectivity index (χ1n) is 4.07. The van der Waals surface area contributed by atoms with E-state index in [-0.39, 0.29) is 11.8 Å². The zero-order chi connectivity index (χ0) is 8.43. The molecule has 2 N–H and O–H groups in total. The van der Waals surface area contributed by atoms with Gasteiger partial charge in [0.2, 0.25) is 5.91 Å². The second kappa shape index (κ2) is 3.22. The summed E-state index contributed by atoms with van der Waals surface area (Å²) in [6.45, 7) is 4.10. The van der Waals surface area contributed by atoms with Crippen LogP contribution < -0.4 is 5.32 Å². The molecule has 3 nitrogen and oxygen atoms in total. The Kier molecular flexibility index (Phi) is 2.49. The lowest BCUT2D eigenvalue weighted by Gasteiger charge is -2.05. The summed E-state index contributed by atoms with van der Waals surface area (Å²) < 4.78 is 0. The minimum absolute atomic E-state index is 0.0957. The number of rotatable bonds is 3. The van der Waals surface area contributed by atoms with Crippen LogP contribution in [0.25, 0.3) is 0 Å². The molecule has 64 valence electrons. The highest BCUT2D eigenvalue weighted by molar-refractivity contribution is 5.81. The van der Waals surface area contributed by atoms with Crippen molar-refractivity contribution in [2.24, 2.45) is 11.8 Å². The van der Waals surface area contributed by atoms with Gasteiger partial charge in [-0.25, -0.2) is 0 Å². The molecule has 0 saturated heterocycles. The fraction of sp³-hybridized carbons (Fsp3) is 0.875. The lowest BCUT2D eigenvalue weighted by Crippen LogP contribution is -2.31. The number of aliphatic hydroxyl groups excluding tert-OH is 1. The molecular weight excluding hydrogens is 142 g/mol. The van der Waals surface area contributed by atoms with Gasteiger partial charge in [-0.3, -0.25) is 4.79 Å². The van der Waals surface area contributed by atoms with Gasteiger partial charge in [-0.2, -0.15) is 0 Å². The van der Waals surface area contributed by atoms with E-state index in [1.165, 1.54) is 0 Å². The third kappa shape index (κ3) is 2.50. The zero-order valence-corrected chi connectivity index (χ0v) is 7.00. The van der Waals surface area contributed by atoms with Gasteiger partial charge in [-0.05, 0) is 19.3 Å². The molecule has 3 heteroatoms. The van der Waals surface area contributed by atoms with E-state index in [0.29, 0.717) is 12.5 Å². The summed E-state index contributed by atoms with van der Waals surface area (Å²) in [5, 5.41) is 11.5. The maximum Gasteiger partial charge on any atom is 0.223 e. The Bertz CT molecular complexity index is 156. The number of carbonyl (C=O) groups excluding carboxylic acids is 1. The van der Waals surface area contributed by atoms with Crippen molar-refractivity contribution < 1.29 is 9.90 Å². The monoisotopic (exact) mass is 157 g/mol. The van der Waals surface area contributed by atoms with E-state index in [0.717, 1.165) is 6.42 Å². The van der Waals surface area contributed by atoms with Gasteiger partial charge in [-0.1, -0.05) is 6.92 Å².